The van der Waals surface area contributed by atoms with E-state index in [0.717, 1.165) is 18.4 Å². The predicted octanol–water partition coefficient (Wildman–Crippen LogP) is 3.80. The van der Waals surface area contributed by atoms with Crippen LogP contribution in [0.1, 0.15) is 45.2 Å². The quantitative estimate of drug-likeness (QED) is 0.505. The number of benzene rings is 2. The van der Waals surface area contributed by atoms with Crippen LogP contribution >= 0.6 is 0 Å². The van der Waals surface area contributed by atoms with Gasteiger partial charge in [-0.3, -0.25) is 9.59 Å². The molecule has 0 aliphatic rings. The summed E-state index contributed by atoms with van der Waals surface area (Å²) in [6, 6.07) is 14.8. The van der Waals surface area contributed by atoms with Gasteiger partial charge in [-0.15, -0.1) is 0 Å². The van der Waals surface area contributed by atoms with Crippen LogP contribution < -0.4 is 20.7 Å². The summed E-state index contributed by atoms with van der Waals surface area (Å²) in [7, 11) is 0. The molecule has 3 amide bonds. The zero-order valence-corrected chi connectivity index (χ0v) is 19.7. The lowest BCUT2D eigenvalue weighted by Crippen LogP contribution is -2.39. The molecule has 2 aromatic carbocycles. The Morgan fingerprint density at radius 1 is 0.909 bits per heavy atom. The molecule has 3 N–H and O–H groups in total. The fourth-order valence-corrected chi connectivity index (χ4v) is 2.88. The van der Waals surface area contributed by atoms with E-state index in [2.05, 4.69) is 22.9 Å². The van der Waals surface area contributed by atoms with Crippen LogP contribution in [0.4, 0.5) is 10.5 Å². The van der Waals surface area contributed by atoms with E-state index in [4.69, 9.17) is 9.47 Å². The number of carbonyl (C=O) groups is 3. The first-order valence-electron chi connectivity index (χ1n) is 11.0. The second-order valence-electron chi connectivity index (χ2n) is 8.56. The minimum Gasteiger partial charge on any atom is -0.484 e. The van der Waals surface area contributed by atoms with E-state index in [-0.39, 0.29) is 31.5 Å². The molecular formula is C25H33N3O5. The topological polar surface area (TPSA) is 106 Å². The summed E-state index contributed by atoms with van der Waals surface area (Å²) >= 11 is 0. The third-order valence-electron chi connectivity index (χ3n) is 4.32. The fraction of sp³-hybridized carbons (Fsp3) is 0.400. The lowest BCUT2D eigenvalue weighted by molar-refractivity contribution is -0.120. The highest BCUT2D eigenvalue weighted by molar-refractivity contribution is 5.92. The van der Waals surface area contributed by atoms with Gasteiger partial charge in [0.25, 0.3) is 5.91 Å². The Labute approximate surface area is 195 Å². The van der Waals surface area contributed by atoms with Crippen molar-refractivity contribution in [3.63, 3.8) is 0 Å². The standard InChI is InChI=1S/C25H33N3O5/c1-5-7-18-10-12-21(13-11-18)32-17-23(30)28-20-9-6-8-19(14-20)15-26-22(29)16-27-24(31)33-25(2,3)4/h6,8-14H,5,7,15-17H2,1-4H3,(H,26,29)(H,27,31)(H,28,30). The monoisotopic (exact) mass is 455 g/mol. The number of hydrogen-bond donors (Lipinski definition) is 3. The van der Waals surface area contributed by atoms with Crippen molar-refractivity contribution in [2.75, 3.05) is 18.5 Å². The number of ether oxygens (including phenoxy) is 2. The van der Waals surface area contributed by atoms with Crippen molar-refractivity contribution < 1.29 is 23.9 Å². The number of hydrogen-bond acceptors (Lipinski definition) is 5. The van der Waals surface area contributed by atoms with Crippen molar-refractivity contribution in [3.05, 3.63) is 59.7 Å². The van der Waals surface area contributed by atoms with E-state index < -0.39 is 11.7 Å². The van der Waals surface area contributed by atoms with Gasteiger partial charge in [0.15, 0.2) is 6.61 Å². The van der Waals surface area contributed by atoms with Gasteiger partial charge in [-0.25, -0.2) is 4.79 Å². The summed E-state index contributed by atoms with van der Waals surface area (Å²) in [5.41, 5.74) is 2.00. The van der Waals surface area contributed by atoms with E-state index in [1.807, 2.05) is 30.3 Å². The number of nitrogens with one attached hydrogen (secondary N) is 3. The molecular weight excluding hydrogens is 422 g/mol. The molecule has 0 spiro atoms. The van der Waals surface area contributed by atoms with E-state index in [9.17, 15) is 14.4 Å². The third kappa shape index (κ3) is 10.5. The van der Waals surface area contributed by atoms with Crippen LogP contribution in [0.5, 0.6) is 5.75 Å². The SMILES string of the molecule is CCCc1ccc(OCC(=O)Nc2cccc(CNC(=O)CNC(=O)OC(C)(C)C)c2)cc1. The average Bonchev–Trinajstić information content (AvgIpc) is 2.75. The molecule has 8 nitrogen and oxygen atoms in total. The average molecular weight is 456 g/mol. The van der Waals surface area contributed by atoms with Crippen molar-refractivity contribution in [1.29, 1.82) is 0 Å². The number of aryl methyl sites for hydroxylation is 1. The zero-order chi connectivity index (χ0) is 24.3. The highest BCUT2D eigenvalue weighted by Crippen LogP contribution is 2.14. The van der Waals surface area contributed by atoms with E-state index in [1.54, 1.807) is 39.0 Å². The van der Waals surface area contributed by atoms with Gasteiger partial charge in [0.1, 0.15) is 17.9 Å². The van der Waals surface area contributed by atoms with Crippen LogP contribution in [0.15, 0.2) is 48.5 Å². The van der Waals surface area contributed by atoms with Gasteiger partial charge in [0, 0.05) is 12.2 Å². The zero-order valence-electron chi connectivity index (χ0n) is 19.7. The molecule has 0 fully saturated rings. The minimum atomic E-state index is -0.651. The van der Waals surface area contributed by atoms with Gasteiger partial charge >= 0.3 is 6.09 Å². The van der Waals surface area contributed by atoms with Crippen LogP contribution in [0, 0.1) is 0 Å². The van der Waals surface area contributed by atoms with Crippen LogP contribution in [0.25, 0.3) is 0 Å². The van der Waals surface area contributed by atoms with Gasteiger partial charge in [0.05, 0.1) is 0 Å². The second kappa shape index (κ2) is 12.5. The van der Waals surface area contributed by atoms with E-state index in [0.29, 0.717) is 11.4 Å². The molecule has 0 saturated carbocycles. The fourth-order valence-electron chi connectivity index (χ4n) is 2.88. The minimum absolute atomic E-state index is 0.107. The second-order valence-corrected chi connectivity index (χ2v) is 8.56. The lowest BCUT2D eigenvalue weighted by Gasteiger charge is -2.19. The maximum absolute atomic E-state index is 12.2. The highest BCUT2D eigenvalue weighted by Gasteiger charge is 2.16. The number of carbonyl (C=O) groups excluding carboxylic acids is 3. The number of anilines is 1. The molecule has 0 radical (unpaired) electrons. The van der Waals surface area contributed by atoms with Crippen LogP contribution in [-0.4, -0.2) is 36.7 Å². The summed E-state index contributed by atoms with van der Waals surface area (Å²) < 4.78 is 10.6. The molecule has 0 saturated heterocycles. The Bertz CT molecular complexity index is 936. The molecule has 0 aliphatic carbocycles. The van der Waals surface area contributed by atoms with Crippen molar-refractivity contribution in [2.45, 2.75) is 52.7 Å². The van der Waals surface area contributed by atoms with Crippen molar-refractivity contribution in [1.82, 2.24) is 10.6 Å². The molecule has 178 valence electrons. The molecule has 0 atom stereocenters. The van der Waals surface area contributed by atoms with Gasteiger partial charge < -0.3 is 25.4 Å². The van der Waals surface area contributed by atoms with Crippen molar-refractivity contribution in [3.8, 4) is 5.75 Å². The Balaban J connectivity index is 1.75. The summed E-state index contributed by atoms with van der Waals surface area (Å²) in [6.45, 7) is 7.31. The van der Waals surface area contributed by atoms with Gasteiger partial charge in [-0.1, -0.05) is 37.6 Å². The van der Waals surface area contributed by atoms with Crippen molar-refractivity contribution >= 4 is 23.6 Å². The predicted molar refractivity (Wildman–Crippen MR) is 127 cm³/mol. The Morgan fingerprint density at radius 3 is 2.30 bits per heavy atom. The van der Waals surface area contributed by atoms with E-state index >= 15 is 0 Å². The van der Waals surface area contributed by atoms with Crippen LogP contribution in [0.2, 0.25) is 0 Å². The summed E-state index contributed by atoms with van der Waals surface area (Å²) in [5, 5.41) is 7.90. The first-order valence-corrected chi connectivity index (χ1v) is 11.0. The lowest BCUT2D eigenvalue weighted by atomic mass is 10.1. The Hall–Kier alpha value is -3.55. The molecule has 2 aromatic rings. The number of rotatable bonds is 10. The third-order valence-corrected chi connectivity index (χ3v) is 4.32. The summed E-state index contributed by atoms with van der Waals surface area (Å²) in [6.07, 6.45) is 1.44. The Kier molecular flexibility index (Phi) is 9.72. The van der Waals surface area contributed by atoms with Gasteiger partial charge in [-0.05, 0) is 62.6 Å². The van der Waals surface area contributed by atoms with Crippen molar-refractivity contribution in [2.24, 2.45) is 0 Å². The Morgan fingerprint density at radius 2 is 1.64 bits per heavy atom. The smallest absolute Gasteiger partial charge is 0.408 e. The molecule has 0 aliphatic heterocycles. The maximum Gasteiger partial charge on any atom is 0.408 e. The molecule has 2 rings (SSSR count). The highest BCUT2D eigenvalue weighted by atomic mass is 16.6. The van der Waals surface area contributed by atoms with E-state index in [1.165, 1.54) is 5.56 Å². The number of alkyl carbamates (subject to hydrolysis) is 1. The molecule has 33 heavy (non-hydrogen) atoms. The summed E-state index contributed by atoms with van der Waals surface area (Å²) in [5.74, 6) is 0.00508. The molecule has 0 unspecified atom stereocenters. The molecule has 0 aromatic heterocycles. The molecule has 0 heterocycles. The van der Waals surface area contributed by atoms with Gasteiger partial charge in [0.2, 0.25) is 5.91 Å². The summed E-state index contributed by atoms with van der Waals surface area (Å²) in [4.78, 5) is 35.8. The maximum atomic E-state index is 12.2. The van der Waals surface area contributed by atoms with Gasteiger partial charge in [-0.2, -0.15) is 0 Å². The number of amides is 3. The van der Waals surface area contributed by atoms with Crippen LogP contribution in [-0.2, 0) is 27.3 Å². The first-order chi connectivity index (χ1) is 15.6. The normalized spacial score (nSPS) is 10.8. The van der Waals surface area contributed by atoms with Crippen LogP contribution in [0.3, 0.4) is 0 Å². The molecule has 8 heteroatoms. The largest absolute Gasteiger partial charge is 0.484 e. The first kappa shape index (κ1) is 25.7. The molecule has 0 bridgehead atoms.